The number of likely N-dealkylation sites (tertiary alicyclic amines) is 1. The Kier molecular flexibility index (Phi) is 6.14. The van der Waals surface area contributed by atoms with Crippen LogP contribution in [0.2, 0.25) is 10.0 Å². The maximum atomic E-state index is 12.2. The Morgan fingerprint density at radius 1 is 1.13 bits per heavy atom. The number of hydrogen-bond acceptors (Lipinski definition) is 6. The van der Waals surface area contributed by atoms with Crippen LogP contribution >= 0.6 is 23.2 Å². The first-order valence-electron chi connectivity index (χ1n) is 13.5. The van der Waals surface area contributed by atoms with Crippen molar-refractivity contribution in [3.63, 3.8) is 0 Å². The third-order valence-electron chi connectivity index (χ3n) is 8.68. The van der Waals surface area contributed by atoms with E-state index in [-0.39, 0.29) is 5.97 Å². The Labute approximate surface area is 237 Å². The average molecular weight is 566 g/mol. The Morgan fingerprint density at radius 2 is 1.92 bits per heavy atom. The number of ether oxygens (including phenoxy) is 1. The molecule has 4 heterocycles. The number of esters is 1. The number of anilines is 1. The largest absolute Gasteiger partial charge is 0.465 e. The van der Waals surface area contributed by atoms with Gasteiger partial charge in [0.05, 0.1) is 28.2 Å². The van der Waals surface area contributed by atoms with Crippen molar-refractivity contribution in [2.45, 2.75) is 43.7 Å². The van der Waals surface area contributed by atoms with E-state index in [0.717, 1.165) is 78.8 Å². The number of benzene rings is 2. The molecular weight excluding hydrogens is 535 g/mol. The molecule has 2 bridgehead atoms. The van der Waals surface area contributed by atoms with E-state index in [1.165, 1.54) is 12.8 Å². The molecule has 39 heavy (non-hydrogen) atoms. The molecule has 9 heteroatoms. The Morgan fingerprint density at radius 3 is 2.62 bits per heavy atom. The normalized spacial score (nSPS) is 20.9. The van der Waals surface area contributed by atoms with Crippen molar-refractivity contribution in [3.05, 3.63) is 69.5 Å². The summed E-state index contributed by atoms with van der Waals surface area (Å²) in [5.41, 5.74) is 5.57. The van der Waals surface area contributed by atoms with E-state index in [4.69, 9.17) is 32.5 Å². The van der Waals surface area contributed by atoms with Crippen LogP contribution in [0.4, 0.5) is 5.69 Å². The second-order valence-corrected chi connectivity index (χ2v) is 11.8. The van der Waals surface area contributed by atoms with Gasteiger partial charge in [-0.15, -0.1) is 0 Å². The molecule has 4 aromatic rings. The number of piperazine rings is 1. The smallest absolute Gasteiger partial charge is 0.340 e. The molecule has 3 fully saturated rings. The van der Waals surface area contributed by atoms with Gasteiger partial charge in [-0.1, -0.05) is 34.4 Å². The molecule has 0 N–H and O–H groups in total. The maximum absolute atomic E-state index is 12.2. The highest BCUT2D eigenvalue weighted by Crippen LogP contribution is 2.46. The molecule has 0 unspecified atom stereocenters. The fourth-order valence-electron chi connectivity index (χ4n) is 6.57. The summed E-state index contributed by atoms with van der Waals surface area (Å²) in [5.74, 6) is 1.16. The van der Waals surface area contributed by atoms with E-state index in [9.17, 15) is 4.79 Å². The van der Waals surface area contributed by atoms with Gasteiger partial charge in [-0.05, 0) is 56.0 Å². The number of fused-ring (bicyclic) bond motifs is 3. The van der Waals surface area contributed by atoms with Crippen LogP contribution in [0.3, 0.4) is 0 Å². The fourth-order valence-corrected chi connectivity index (χ4v) is 7.15. The molecule has 202 valence electrons. The number of halogens is 2. The molecule has 1 aliphatic carbocycles. The lowest BCUT2D eigenvalue weighted by Crippen LogP contribution is -2.47. The second-order valence-electron chi connectivity index (χ2n) is 11.0. The summed E-state index contributed by atoms with van der Waals surface area (Å²) in [5, 5.41) is 6.59. The van der Waals surface area contributed by atoms with Gasteiger partial charge in [0.2, 0.25) is 0 Å². The Bertz CT molecular complexity index is 1570. The van der Waals surface area contributed by atoms with Crippen LogP contribution in [0.1, 0.15) is 46.9 Å². The maximum Gasteiger partial charge on any atom is 0.340 e. The number of carbonyl (C=O) groups excluding carboxylic acids is 1. The van der Waals surface area contributed by atoms with Crippen LogP contribution < -0.4 is 4.90 Å². The number of aryl methyl sites for hydroxylation is 1. The first kappa shape index (κ1) is 25.0. The van der Waals surface area contributed by atoms with Crippen molar-refractivity contribution >= 4 is 45.8 Å². The van der Waals surface area contributed by atoms with Gasteiger partial charge in [0, 0.05) is 73.1 Å². The van der Waals surface area contributed by atoms with Crippen LogP contribution in [0.15, 0.2) is 47.1 Å². The minimum absolute atomic E-state index is 0.304. The van der Waals surface area contributed by atoms with Crippen LogP contribution in [-0.4, -0.2) is 59.4 Å². The van der Waals surface area contributed by atoms with E-state index in [0.29, 0.717) is 33.6 Å². The van der Waals surface area contributed by atoms with E-state index in [1.807, 2.05) is 42.1 Å². The monoisotopic (exact) mass is 564 g/mol. The van der Waals surface area contributed by atoms with E-state index in [1.54, 1.807) is 0 Å². The third kappa shape index (κ3) is 4.22. The van der Waals surface area contributed by atoms with Gasteiger partial charge in [-0.2, -0.15) is 0 Å². The summed E-state index contributed by atoms with van der Waals surface area (Å²) >= 11 is 13.1. The second kappa shape index (κ2) is 9.58. The summed E-state index contributed by atoms with van der Waals surface area (Å²) < 4.78 is 12.9. The lowest BCUT2D eigenvalue weighted by molar-refractivity contribution is 0.0602. The molecule has 3 aliphatic rings. The molecule has 2 saturated heterocycles. The molecule has 0 radical (unpaired) electrons. The molecule has 0 amide bonds. The number of hydrogen-bond donors (Lipinski definition) is 0. The average Bonchev–Trinajstić information content (AvgIpc) is 3.24. The van der Waals surface area contributed by atoms with E-state index < -0.39 is 0 Å². The molecule has 2 aromatic heterocycles. The molecule has 2 atom stereocenters. The molecule has 7 nitrogen and oxygen atoms in total. The number of aromatic nitrogens is 2. The molecule has 0 spiro atoms. The Hall–Kier alpha value is -3.00. The van der Waals surface area contributed by atoms with Crippen molar-refractivity contribution in [1.29, 1.82) is 0 Å². The van der Waals surface area contributed by atoms with E-state index >= 15 is 0 Å². The highest BCUT2D eigenvalue weighted by atomic mass is 35.5. The van der Waals surface area contributed by atoms with Crippen LogP contribution in [0.25, 0.3) is 22.2 Å². The zero-order chi connectivity index (χ0) is 26.8. The van der Waals surface area contributed by atoms with Gasteiger partial charge >= 0.3 is 5.97 Å². The number of methoxy groups -OCH3 is 1. The lowest BCUT2D eigenvalue weighted by atomic mass is 10.0. The molecule has 2 aromatic carbocycles. The summed E-state index contributed by atoms with van der Waals surface area (Å²) in [7, 11) is 3.39. The highest BCUT2D eigenvalue weighted by molar-refractivity contribution is 6.39. The summed E-state index contributed by atoms with van der Waals surface area (Å²) in [6.07, 6.45) is 6.16. The molecular formula is C30H30Cl2N4O3. The van der Waals surface area contributed by atoms with Crippen molar-refractivity contribution in [2.75, 3.05) is 31.6 Å². The minimum atomic E-state index is -0.304. The van der Waals surface area contributed by atoms with Gasteiger partial charge in [0.25, 0.3) is 0 Å². The predicted molar refractivity (Wildman–Crippen MR) is 153 cm³/mol. The van der Waals surface area contributed by atoms with Gasteiger partial charge in [-0.25, -0.2) is 4.79 Å². The molecule has 7 rings (SSSR count). The van der Waals surface area contributed by atoms with Gasteiger partial charge in [0.1, 0.15) is 11.5 Å². The quantitative estimate of drug-likeness (QED) is 0.245. The summed E-state index contributed by atoms with van der Waals surface area (Å²) in [4.78, 5) is 17.3. The lowest BCUT2D eigenvalue weighted by Gasteiger charge is -2.35. The number of nitrogens with zero attached hydrogens (tertiary/aromatic N) is 4. The van der Waals surface area contributed by atoms with Crippen molar-refractivity contribution in [2.24, 2.45) is 7.05 Å². The van der Waals surface area contributed by atoms with Gasteiger partial charge in [0.15, 0.2) is 0 Å². The standard InChI is InChI=1S/C30H30Cl2N4O3/c1-34-16-23(30(37)38-2)21-9-8-18(13-26(21)34)36-15-19-12-20(36)14-35(19)11-10-22-28(33-39-29(22)17-6-7-17)27-24(31)4-3-5-25(27)32/h3-5,8-9,13,16-17,19-20H,6-7,10-12,14-15H2,1-2H3/t19-,20-/m1/s1. The van der Waals surface area contributed by atoms with Crippen LogP contribution in [0, 0.1) is 0 Å². The van der Waals surface area contributed by atoms with Crippen molar-refractivity contribution < 1.29 is 14.1 Å². The van der Waals surface area contributed by atoms with E-state index in [2.05, 4.69) is 27.1 Å². The fraction of sp³-hybridized carbons (Fsp3) is 0.400. The first-order valence-corrected chi connectivity index (χ1v) is 14.3. The van der Waals surface area contributed by atoms with Crippen molar-refractivity contribution in [1.82, 2.24) is 14.6 Å². The van der Waals surface area contributed by atoms with Crippen LogP contribution in [0.5, 0.6) is 0 Å². The zero-order valence-electron chi connectivity index (χ0n) is 22.0. The van der Waals surface area contributed by atoms with Crippen LogP contribution in [-0.2, 0) is 18.2 Å². The molecule has 2 aliphatic heterocycles. The Balaban J connectivity index is 1.08. The minimum Gasteiger partial charge on any atom is -0.465 e. The SMILES string of the molecule is COC(=O)c1cn(C)c2cc(N3C[C@H]4C[C@@H]3CN4CCc3c(-c4c(Cl)cccc4Cl)noc3C3CC3)ccc12. The predicted octanol–water partition coefficient (Wildman–Crippen LogP) is 6.31. The van der Waals surface area contributed by atoms with Gasteiger partial charge in [-0.3, -0.25) is 4.90 Å². The van der Waals surface area contributed by atoms with Crippen molar-refractivity contribution in [3.8, 4) is 11.3 Å². The summed E-state index contributed by atoms with van der Waals surface area (Å²) in [6.45, 7) is 2.96. The number of carbonyl (C=O) groups is 1. The third-order valence-corrected chi connectivity index (χ3v) is 9.31. The highest BCUT2D eigenvalue weighted by Gasteiger charge is 2.43. The van der Waals surface area contributed by atoms with Gasteiger partial charge < -0.3 is 18.7 Å². The molecule has 1 saturated carbocycles. The summed E-state index contributed by atoms with van der Waals surface area (Å²) in [6, 6.07) is 12.9. The zero-order valence-corrected chi connectivity index (χ0v) is 23.5. The topological polar surface area (TPSA) is 63.7 Å². The first-order chi connectivity index (χ1) is 18.9. The number of rotatable bonds is 7.